The molecule has 10 heteroatoms. The second-order valence-corrected chi connectivity index (χ2v) is 9.45. The third kappa shape index (κ3) is 3.53. The molecule has 0 aliphatic carbocycles. The Kier molecular flexibility index (Phi) is 5.28. The number of urea groups is 1. The first-order valence-electron chi connectivity index (χ1n) is 8.87. The van der Waals surface area contributed by atoms with Crippen molar-refractivity contribution < 1.29 is 18.2 Å². The fourth-order valence-corrected chi connectivity index (χ4v) is 3.79. The number of hydrogen-bond acceptors (Lipinski definition) is 4. The molecule has 2 atom stereocenters. The zero-order valence-electron chi connectivity index (χ0n) is 16.3. The summed E-state index contributed by atoms with van der Waals surface area (Å²) in [4.78, 5) is 31.3. The van der Waals surface area contributed by atoms with Crippen LogP contribution in [0.15, 0.2) is 18.5 Å². The van der Waals surface area contributed by atoms with Crippen molar-refractivity contribution in [2.45, 2.75) is 44.5 Å². The van der Waals surface area contributed by atoms with Crippen LogP contribution in [0.3, 0.4) is 0 Å². The van der Waals surface area contributed by atoms with Crippen LogP contribution >= 0.6 is 0 Å². The van der Waals surface area contributed by atoms with Gasteiger partial charge in [-0.25, -0.2) is 18.4 Å². The molecule has 152 valence electrons. The first-order chi connectivity index (χ1) is 13.0. The molecule has 3 amide bonds. The van der Waals surface area contributed by atoms with Crippen molar-refractivity contribution in [3.8, 4) is 0 Å². The number of nitrogens with two attached hydrogens (primary N) is 1. The summed E-state index contributed by atoms with van der Waals surface area (Å²) in [5.74, 6) is -0.399. The molecule has 1 aliphatic rings. The third-order valence-corrected chi connectivity index (χ3v) is 6.34. The largest absolute Gasteiger partial charge is 0.331 e. The molecule has 3 rings (SSSR count). The summed E-state index contributed by atoms with van der Waals surface area (Å²) in [7, 11) is -0.0806. The van der Waals surface area contributed by atoms with Crippen LogP contribution in [0.4, 0.5) is 14.9 Å². The summed E-state index contributed by atoms with van der Waals surface area (Å²) < 4.78 is 26.2. The minimum absolute atomic E-state index is 0.0670. The van der Waals surface area contributed by atoms with E-state index in [1.807, 2.05) is 20.8 Å². The highest BCUT2D eigenvalue weighted by molar-refractivity contribution is 7.84. The molecule has 1 unspecified atom stereocenters. The Morgan fingerprint density at radius 2 is 2.04 bits per heavy atom. The molecule has 0 radical (unpaired) electrons. The highest BCUT2D eigenvalue weighted by Crippen LogP contribution is 2.32. The summed E-state index contributed by atoms with van der Waals surface area (Å²) in [6, 6.07) is 1.07. The fraction of sp³-hybridized carbons (Fsp3) is 0.500. The summed E-state index contributed by atoms with van der Waals surface area (Å²) >= 11 is 0. The van der Waals surface area contributed by atoms with Crippen LogP contribution < -0.4 is 10.0 Å². The first-order valence-corrected chi connectivity index (χ1v) is 10.1. The van der Waals surface area contributed by atoms with Crippen molar-refractivity contribution in [2.75, 3.05) is 18.5 Å². The topological polar surface area (TPSA) is 101 Å². The number of halogens is 1. The molecule has 2 N–H and O–H groups in total. The Labute approximate surface area is 165 Å². The van der Waals surface area contributed by atoms with Gasteiger partial charge >= 0.3 is 6.03 Å². The molecule has 0 saturated carbocycles. The van der Waals surface area contributed by atoms with E-state index in [4.69, 9.17) is 5.14 Å². The SMILES string of the molecule is C[C@H](CC(C)(C)S(N)=O)c1cn2cc(CF)cc(N3CC(=O)N(C)C3=O)c2n1. The lowest BCUT2D eigenvalue weighted by molar-refractivity contribution is -0.123. The van der Waals surface area contributed by atoms with Gasteiger partial charge in [0, 0.05) is 30.9 Å². The lowest BCUT2D eigenvalue weighted by atomic mass is 9.96. The summed E-state index contributed by atoms with van der Waals surface area (Å²) in [6.07, 6.45) is 3.92. The van der Waals surface area contributed by atoms with Gasteiger partial charge in [0.2, 0.25) is 5.91 Å². The van der Waals surface area contributed by atoms with Crippen molar-refractivity contribution in [2.24, 2.45) is 5.14 Å². The number of pyridine rings is 1. The monoisotopic (exact) mass is 409 g/mol. The van der Waals surface area contributed by atoms with Gasteiger partial charge in [-0.1, -0.05) is 6.92 Å². The van der Waals surface area contributed by atoms with Gasteiger partial charge in [0.25, 0.3) is 0 Å². The maximum absolute atomic E-state index is 13.4. The van der Waals surface area contributed by atoms with Gasteiger partial charge in [0.1, 0.15) is 13.2 Å². The Morgan fingerprint density at radius 1 is 1.36 bits per heavy atom. The minimum Gasteiger partial charge on any atom is -0.305 e. The number of carbonyl (C=O) groups is 2. The van der Waals surface area contributed by atoms with Gasteiger partial charge in [0.05, 0.1) is 27.1 Å². The summed E-state index contributed by atoms with van der Waals surface area (Å²) in [5, 5.41) is 5.58. The maximum Gasteiger partial charge on any atom is 0.331 e. The molecule has 0 aromatic carbocycles. The number of fused-ring (bicyclic) bond motifs is 1. The predicted octanol–water partition coefficient (Wildman–Crippen LogP) is 2.10. The Hall–Kier alpha value is -2.33. The molecule has 2 aromatic heterocycles. The van der Waals surface area contributed by atoms with Crippen LogP contribution in [-0.4, -0.2) is 48.8 Å². The first kappa shape index (κ1) is 20.4. The van der Waals surface area contributed by atoms with Gasteiger partial charge in [-0.3, -0.25) is 19.7 Å². The quantitative estimate of drug-likeness (QED) is 0.738. The van der Waals surface area contributed by atoms with Gasteiger partial charge in [-0.05, 0) is 26.3 Å². The number of hydrogen-bond donors (Lipinski definition) is 1. The van der Waals surface area contributed by atoms with Crippen molar-refractivity contribution in [1.82, 2.24) is 14.3 Å². The molecular formula is C18H24FN5O3S. The third-order valence-electron chi connectivity index (χ3n) is 5.08. The van der Waals surface area contributed by atoms with Crippen LogP contribution in [0.5, 0.6) is 0 Å². The van der Waals surface area contributed by atoms with Crippen LogP contribution in [-0.2, 0) is 22.5 Å². The number of amides is 3. The average Bonchev–Trinajstić information content (AvgIpc) is 3.17. The number of imidazole rings is 1. The lowest BCUT2D eigenvalue weighted by Gasteiger charge is -2.24. The van der Waals surface area contributed by atoms with Crippen molar-refractivity contribution in [3.63, 3.8) is 0 Å². The van der Waals surface area contributed by atoms with E-state index in [0.717, 1.165) is 4.90 Å². The van der Waals surface area contributed by atoms with E-state index >= 15 is 0 Å². The van der Waals surface area contributed by atoms with Crippen LogP contribution in [0.25, 0.3) is 5.65 Å². The lowest BCUT2D eigenvalue weighted by Crippen LogP contribution is -2.33. The normalized spacial score (nSPS) is 17.6. The number of anilines is 1. The van der Waals surface area contributed by atoms with Crippen molar-refractivity contribution >= 4 is 34.3 Å². The van der Waals surface area contributed by atoms with E-state index in [2.05, 4.69) is 4.98 Å². The zero-order valence-corrected chi connectivity index (χ0v) is 17.1. The number of carbonyl (C=O) groups excluding carboxylic acids is 2. The molecular weight excluding hydrogens is 385 g/mol. The molecule has 1 saturated heterocycles. The molecule has 1 aliphatic heterocycles. The highest BCUT2D eigenvalue weighted by Gasteiger charge is 2.36. The molecule has 8 nitrogen and oxygen atoms in total. The highest BCUT2D eigenvalue weighted by atomic mass is 32.2. The zero-order chi connectivity index (χ0) is 20.8. The Morgan fingerprint density at radius 3 is 2.57 bits per heavy atom. The standard InChI is InChI=1S/C18H24FN5O3S/c1-11(6-18(2,3)28(20)27)13-9-23-8-12(7-19)5-14(16(23)21-13)24-10-15(25)22(4)17(24)26/h5,8-9,11H,6-7,10,20H2,1-4H3/t11-,28?/m1/s1. The summed E-state index contributed by atoms with van der Waals surface area (Å²) in [5.41, 5.74) is 1.93. The van der Waals surface area contributed by atoms with Crippen molar-refractivity contribution in [3.05, 3.63) is 29.7 Å². The van der Waals surface area contributed by atoms with Gasteiger partial charge < -0.3 is 4.40 Å². The minimum atomic E-state index is -1.49. The number of aromatic nitrogens is 2. The van der Waals surface area contributed by atoms with Crippen LogP contribution in [0.2, 0.25) is 0 Å². The van der Waals surface area contributed by atoms with Gasteiger partial charge in [-0.2, -0.15) is 0 Å². The predicted molar refractivity (Wildman–Crippen MR) is 105 cm³/mol. The van der Waals surface area contributed by atoms with E-state index in [9.17, 15) is 18.2 Å². The van der Waals surface area contributed by atoms with E-state index in [-0.39, 0.29) is 18.4 Å². The second-order valence-electron chi connectivity index (χ2n) is 7.75. The Bertz CT molecular complexity index is 974. The van der Waals surface area contributed by atoms with E-state index in [1.165, 1.54) is 11.9 Å². The average molecular weight is 409 g/mol. The number of nitrogens with zero attached hydrogens (tertiary/aromatic N) is 4. The molecule has 2 aromatic rings. The number of imide groups is 1. The van der Waals surface area contributed by atoms with Crippen molar-refractivity contribution in [1.29, 1.82) is 0 Å². The molecule has 0 bridgehead atoms. The van der Waals surface area contributed by atoms with E-state index in [0.29, 0.717) is 29.0 Å². The smallest absolute Gasteiger partial charge is 0.305 e. The number of alkyl halides is 1. The molecule has 0 spiro atoms. The van der Waals surface area contributed by atoms with Crippen LogP contribution in [0.1, 0.15) is 44.4 Å². The fourth-order valence-electron chi connectivity index (χ4n) is 3.37. The Balaban J connectivity index is 2.05. The number of likely N-dealkylation sites (N-methyl/N-ethyl adjacent to an activating group) is 1. The maximum atomic E-state index is 13.4. The van der Waals surface area contributed by atoms with Gasteiger partial charge in [-0.15, -0.1) is 0 Å². The summed E-state index contributed by atoms with van der Waals surface area (Å²) in [6.45, 7) is 4.78. The number of rotatable bonds is 6. The van der Waals surface area contributed by atoms with E-state index in [1.54, 1.807) is 22.9 Å². The van der Waals surface area contributed by atoms with Gasteiger partial charge in [0.15, 0.2) is 5.65 Å². The van der Waals surface area contributed by atoms with Crippen LogP contribution in [0, 0.1) is 0 Å². The molecule has 1 fully saturated rings. The second kappa shape index (κ2) is 7.25. The molecule has 28 heavy (non-hydrogen) atoms. The molecule has 3 heterocycles. The van der Waals surface area contributed by atoms with E-state index < -0.39 is 28.4 Å².